The first-order valence-corrected chi connectivity index (χ1v) is 8.57. The maximum absolute atomic E-state index is 12.2. The fourth-order valence-electron chi connectivity index (χ4n) is 3.51. The standard InChI is InChI=1S/C17H32N2O2/c1-14-7-5-11-19(13-14)15-8-6-10-18(12-9-15)16(20)21-17(2,3)4/h14-15H,5-13H2,1-4H3. The number of carbonyl (C=O) groups excluding carboxylic acids is 1. The molecule has 2 aliphatic rings. The molecule has 0 aromatic rings. The Kier molecular flexibility index (Phi) is 5.53. The van der Waals surface area contributed by atoms with Crippen LogP contribution in [0.25, 0.3) is 0 Å². The van der Waals surface area contributed by atoms with Gasteiger partial charge in [-0.05, 0) is 65.3 Å². The largest absolute Gasteiger partial charge is 0.444 e. The zero-order valence-electron chi connectivity index (χ0n) is 14.2. The monoisotopic (exact) mass is 296 g/mol. The van der Waals surface area contributed by atoms with E-state index in [2.05, 4.69) is 11.8 Å². The first-order valence-electron chi connectivity index (χ1n) is 8.57. The molecule has 0 aromatic carbocycles. The molecule has 0 radical (unpaired) electrons. The minimum atomic E-state index is -0.398. The van der Waals surface area contributed by atoms with Gasteiger partial charge in [0.25, 0.3) is 0 Å². The van der Waals surface area contributed by atoms with Crippen molar-refractivity contribution < 1.29 is 9.53 Å². The molecule has 0 N–H and O–H groups in total. The molecule has 2 heterocycles. The summed E-state index contributed by atoms with van der Waals surface area (Å²) in [6, 6.07) is 0.653. The van der Waals surface area contributed by atoms with Gasteiger partial charge in [0.1, 0.15) is 5.60 Å². The third kappa shape index (κ3) is 5.17. The van der Waals surface area contributed by atoms with Crippen LogP contribution in [-0.2, 0) is 4.74 Å². The lowest BCUT2D eigenvalue weighted by Crippen LogP contribution is -2.43. The summed E-state index contributed by atoms with van der Waals surface area (Å²) in [7, 11) is 0. The molecule has 2 fully saturated rings. The highest BCUT2D eigenvalue weighted by Crippen LogP contribution is 2.24. The average molecular weight is 296 g/mol. The van der Waals surface area contributed by atoms with Gasteiger partial charge < -0.3 is 14.5 Å². The van der Waals surface area contributed by atoms with Gasteiger partial charge in [-0.25, -0.2) is 4.79 Å². The Bertz CT molecular complexity index is 351. The molecule has 0 bridgehead atoms. The normalized spacial score (nSPS) is 29.0. The number of amides is 1. The van der Waals surface area contributed by atoms with Crippen LogP contribution in [0, 0.1) is 5.92 Å². The topological polar surface area (TPSA) is 32.8 Å². The van der Waals surface area contributed by atoms with Crippen molar-refractivity contribution in [2.75, 3.05) is 26.2 Å². The molecule has 2 unspecified atom stereocenters. The highest BCUT2D eigenvalue weighted by Gasteiger charge is 2.29. The molecule has 1 amide bonds. The lowest BCUT2D eigenvalue weighted by molar-refractivity contribution is 0.0250. The third-order valence-electron chi connectivity index (χ3n) is 4.55. The lowest BCUT2D eigenvalue weighted by atomic mass is 9.96. The highest BCUT2D eigenvalue weighted by atomic mass is 16.6. The van der Waals surface area contributed by atoms with E-state index in [0.29, 0.717) is 6.04 Å². The van der Waals surface area contributed by atoms with Gasteiger partial charge in [-0.3, -0.25) is 0 Å². The summed E-state index contributed by atoms with van der Waals surface area (Å²) in [5.41, 5.74) is -0.398. The molecule has 122 valence electrons. The van der Waals surface area contributed by atoms with Crippen molar-refractivity contribution in [2.45, 2.75) is 71.4 Å². The summed E-state index contributed by atoms with van der Waals surface area (Å²) >= 11 is 0. The molecule has 2 aliphatic heterocycles. The quantitative estimate of drug-likeness (QED) is 0.742. The van der Waals surface area contributed by atoms with Crippen molar-refractivity contribution in [1.82, 2.24) is 9.80 Å². The summed E-state index contributed by atoms with van der Waals surface area (Å²) in [4.78, 5) is 16.8. The molecule has 4 heteroatoms. The van der Waals surface area contributed by atoms with Crippen molar-refractivity contribution in [3.8, 4) is 0 Å². The molecule has 21 heavy (non-hydrogen) atoms. The molecule has 2 saturated heterocycles. The number of hydrogen-bond donors (Lipinski definition) is 0. The second kappa shape index (κ2) is 6.99. The van der Waals surface area contributed by atoms with Gasteiger partial charge in [-0.1, -0.05) is 6.92 Å². The van der Waals surface area contributed by atoms with Crippen LogP contribution >= 0.6 is 0 Å². The molecule has 2 atom stereocenters. The van der Waals surface area contributed by atoms with Gasteiger partial charge in [-0.15, -0.1) is 0 Å². The Balaban J connectivity index is 1.85. The van der Waals surface area contributed by atoms with Crippen LogP contribution < -0.4 is 0 Å². The van der Waals surface area contributed by atoms with Crippen molar-refractivity contribution in [3.05, 3.63) is 0 Å². The third-order valence-corrected chi connectivity index (χ3v) is 4.55. The van der Waals surface area contributed by atoms with E-state index in [1.165, 1.54) is 32.4 Å². The van der Waals surface area contributed by atoms with Crippen molar-refractivity contribution in [2.24, 2.45) is 5.92 Å². The Labute approximate surface area is 129 Å². The molecule has 4 nitrogen and oxygen atoms in total. The number of likely N-dealkylation sites (tertiary alicyclic amines) is 2. The molecule has 2 rings (SSSR count). The van der Waals surface area contributed by atoms with Gasteiger partial charge in [0.05, 0.1) is 0 Å². The second-order valence-electron chi connectivity index (χ2n) is 7.79. The fraction of sp³-hybridized carbons (Fsp3) is 0.941. The van der Waals surface area contributed by atoms with Crippen LogP contribution in [0.5, 0.6) is 0 Å². The maximum atomic E-state index is 12.2. The smallest absolute Gasteiger partial charge is 0.410 e. The van der Waals surface area contributed by atoms with E-state index in [0.717, 1.165) is 31.8 Å². The first kappa shape index (κ1) is 16.6. The molecular formula is C17H32N2O2. The molecular weight excluding hydrogens is 264 g/mol. The minimum Gasteiger partial charge on any atom is -0.444 e. The zero-order chi connectivity index (χ0) is 15.5. The van der Waals surface area contributed by atoms with E-state index in [-0.39, 0.29) is 6.09 Å². The van der Waals surface area contributed by atoms with Gasteiger partial charge in [0.2, 0.25) is 0 Å². The van der Waals surface area contributed by atoms with Gasteiger partial charge in [0.15, 0.2) is 0 Å². The van der Waals surface area contributed by atoms with Gasteiger partial charge in [0, 0.05) is 25.7 Å². The van der Waals surface area contributed by atoms with E-state index >= 15 is 0 Å². The van der Waals surface area contributed by atoms with Gasteiger partial charge in [-0.2, -0.15) is 0 Å². The van der Waals surface area contributed by atoms with Crippen LogP contribution in [0.2, 0.25) is 0 Å². The van der Waals surface area contributed by atoms with Crippen LogP contribution in [0.3, 0.4) is 0 Å². The van der Waals surface area contributed by atoms with E-state index < -0.39 is 5.60 Å². The summed E-state index contributed by atoms with van der Waals surface area (Å²) in [5, 5.41) is 0. The highest BCUT2D eigenvalue weighted by molar-refractivity contribution is 5.68. The number of carbonyl (C=O) groups is 1. The van der Waals surface area contributed by atoms with Gasteiger partial charge >= 0.3 is 6.09 Å². The Morgan fingerprint density at radius 1 is 1.05 bits per heavy atom. The summed E-state index contributed by atoms with van der Waals surface area (Å²) in [6.07, 6.45) is 5.95. The summed E-state index contributed by atoms with van der Waals surface area (Å²) < 4.78 is 5.50. The van der Waals surface area contributed by atoms with Crippen molar-refractivity contribution in [1.29, 1.82) is 0 Å². The molecule has 0 aromatic heterocycles. The molecule has 0 saturated carbocycles. The molecule has 0 aliphatic carbocycles. The van der Waals surface area contributed by atoms with Crippen molar-refractivity contribution >= 4 is 6.09 Å². The average Bonchev–Trinajstić information content (AvgIpc) is 2.62. The summed E-state index contributed by atoms with van der Waals surface area (Å²) in [6.45, 7) is 12.3. The second-order valence-corrected chi connectivity index (χ2v) is 7.79. The van der Waals surface area contributed by atoms with Crippen LogP contribution in [0.4, 0.5) is 4.79 Å². The molecule has 0 spiro atoms. The fourth-order valence-corrected chi connectivity index (χ4v) is 3.51. The van der Waals surface area contributed by atoms with Crippen LogP contribution in [-0.4, -0.2) is 53.7 Å². The van der Waals surface area contributed by atoms with Crippen LogP contribution in [0.15, 0.2) is 0 Å². The number of nitrogens with zero attached hydrogens (tertiary/aromatic N) is 2. The predicted octanol–water partition coefficient (Wildman–Crippen LogP) is 3.51. The Morgan fingerprint density at radius 2 is 1.76 bits per heavy atom. The number of piperidine rings is 1. The van der Waals surface area contributed by atoms with E-state index in [9.17, 15) is 4.79 Å². The first-order chi connectivity index (χ1) is 9.85. The van der Waals surface area contributed by atoms with Crippen LogP contribution in [0.1, 0.15) is 59.8 Å². The Hall–Kier alpha value is -0.770. The zero-order valence-corrected chi connectivity index (χ0v) is 14.2. The number of rotatable bonds is 1. The SMILES string of the molecule is CC1CCCN(C2CCCN(C(=O)OC(C)(C)C)CC2)C1. The Morgan fingerprint density at radius 3 is 2.43 bits per heavy atom. The van der Waals surface area contributed by atoms with E-state index in [1.807, 2.05) is 25.7 Å². The van der Waals surface area contributed by atoms with E-state index in [1.54, 1.807) is 0 Å². The lowest BCUT2D eigenvalue weighted by Gasteiger charge is -2.37. The number of hydrogen-bond acceptors (Lipinski definition) is 3. The number of ether oxygens (including phenoxy) is 1. The predicted molar refractivity (Wildman–Crippen MR) is 85.4 cm³/mol. The van der Waals surface area contributed by atoms with Crippen molar-refractivity contribution in [3.63, 3.8) is 0 Å². The summed E-state index contributed by atoms with van der Waals surface area (Å²) in [5.74, 6) is 0.823. The minimum absolute atomic E-state index is 0.143. The maximum Gasteiger partial charge on any atom is 0.410 e. The van der Waals surface area contributed by atoms with E-state index in [4.69, 9.17) is 4.74 Å².